The van der Waals surface area contributed by atoms with Gasteiger partial charge in [0.2, 0.25) is 0 Å². The van der Waals surface area contributed by atoms with Gasteiger partial charge in [-0.05, 0) is 37.9 Å². The van der Waals surface area contributed by atoms with Gasteiger partial charge in [0, 0.05) is 32.7 Å². The Morgan fingerprint density at radius 1 is 1.00 bits per heavy atom. The third kappa shape index (κ3) is 3.40. The number of amides is 2. The van der Waals surface area contributed by atoms with E-state index >= 15 is 0 Å². The van der Waals surface area contributed by atoms with Crippen LogP contribution in [0.25, 0.3) is 5.57 Å². The summed E-state index contributed by atoms with van der Waals surface area (Å²) in [6.07, 6.45) is 0. The number of carbonyl (C=O) groups is 2. The minimum Gasteiger partial charge on any atom is -0.364 e. The van der Waals surface area contributed by atoms with Gasteiger partial charge < -0.3 is 9.80 Å². The van der Waals surface area contributed by atoms with Crippen molar-refractivity contribution in [3.05, 3.63) is 40.6 Å². The van der Waals surface area contributed by atoms with Gasteiger partial charge in [-0.25, -0.2) is 0 Å². The van der Waals surface area contributed by atoms with E-state index in [2.05, 4.69) is 22.9 Å². The molecule has 1 aromatic rings. The first-order valence-electron chi connectivity index (χ1n) is 9.41. The molecule has 2 aliphatic heterocycles. The van der Waals surface area contributed by atoms with Gasteiger partial charge in [-0.3, -0.25) is 14.5 Å². The molecule has 0 bridgehead atoms. The standard InChI is InChI=1S/C21H29N3O2/c1-14(2)13-24-20(25)18(17-7-6-15(3)12-16(17)4)19(21(24)26)23-10-8-22(5)9-11-23/h6-7,12,14H,8-11,13H2,1-5H3. The maximum absolute atomic E-state index is 13.2. The topological polar surface area (TPSA) is 43.9 Å². The first kappa shape index (κ1) is 18.6. The summed E-state index contributed by atoms with van der Waals surface area (Å²) in [6, 6.07) is 6.08. The predicted molar refractivity (Wildman–Crippen MR) is 103 cm³/mol. The van der Waals surface area contributed by atoms with Gasteiger partial charge in [-0.2, -0.15) is 0 Å². The number of likely N-dealkylation sites (N-methyl/N-ethyl adjacent to an activating group) is 1. The fraction of sp³-hybridized carbons (Fsp3) is 0.524. The summed E-state index contributed by atoms with van der Waals surface area (Å²) < 4.78 is 0. The molecule has 140 valence electrons. The van der Waals surface area contributed by atoms with Gasteiger partial charge in [-0.15, -0.1) is 0 Å². The summed E-state index contributed by atoms with van der Waals surface area (Å²) in [6.45, 7) is 11.9. The Hall–Kier alpha value is -2.14. The second-order valence-corrected chi connectivity index (χ2v) is 7.95. The first-order chi connectivity index (χ1) is 12.3. The predicted octanol–water partition coefficient (Wildman–Crippen LogP) is 2.29. The molecule has 2 amide bonds. The highest BCUT2D eigenvalue weighted by Gasteiger charge is 2.42. The van der Waals surface area contributed by atoms with Crippen molar-refractivity contribution < 1.29 is 9.59 Å². The Labute approximate surface area is 156 Å². The summed E-state index contributed by atoms with van der Waals surface area (Å²) in [5.41, 5.74) is 4.26. The lowest BCUT2D eigenvalue weighted by atomic mass is 9.97. The van der Waals surface area contributed by atoms with Crippen molar-refractivity contribution in [3.63, 3.8) is 0 Å². The Morgan fingerprint density at radius 2 is 1.65 bits per heavy atom. The zero-order valence-corrected chi connectivity index (χ0v) is 16.5. The number of nitrogens with zero attached hydrogens (tertiary/aromatic N) is 3. The quantitative estimate of drug-likeness (QED) is 0.778. The summed E-state index contributed by atoms with van der Waals surface area (Å²) in [5.74, 6) is -0.0390. The molecule has 0 aromatic heterocycles. The third-order valence-corrected chi connectivity index (χ3v) is 5.16. The van der Waals surface area contributed by atoms with Crippen molar-refractivity contribution in [2.75, 3.05) is 39.8 Å². The second-order valence-electron chi connectivity index (χ2n) is 7.95. The molecule has 2 heterocycles. The zero-order chi connectivity index (χ0) is 19.0. The maximum Gasteiger partial charge on any atom is 0.277 e. The van der Waals surface area contributed by atoms with Crippen LogP contribution >= 0.6 is 0 Å². The molecule has 1 saturated heterocycles. The van der Waals surface area contributed by atoms with Crippen molar-refractivity contribution in [3.8, 4) is 0 Å². The summed E-state index contributed by atoms with van der Waals surface area (Å²) in [7, 11) is 2.09. The number of hydrogen-bond donors (Lipinski definition) is 0. The SMILES string of the molecule is Cc1ccc(C2=C(N3CCN(C)CC3)C(=O)N(CC(C)C)C2=O)c(C)c1. The molecule has 0 atom stereocenters. The van der Waals surface area contributed by atoms with E-state index in [1.807, 2.05) is 39.8 Å². The second kappa shape index (κ2) is 7.23. The van der Waals surface area contributed by atoms with Gasteiger partial charge in [0.05, 0.1) is 5.57 Å². The highest BCUT2D eigenvalue weighted by molar-refractivity contribution is 6.35. The third-order valence-electron chi connectivity index (χ3n) is 5.16. The van der Waals surface area contributed by atoms with Crippen LogP contribution in [0.2, 0.25) is 0 Å². The van der Waals surface area contributed by atoms with E-state index in [4.69, 9.17) is 0 Å². The molecule has 26 heavy (non-hydrogen) atoms. The van der Waals surface area contributed by atoms with Crippen LogP contribution in [0.3, 0.4) is 0 Å². The molecule has 5 nitrogen and oxygen atoms in total. The first-order valence-corrected chi connectivity index (χ1v) is 9.41. The molecule has 1 aromatic carbocycles. The normalized spacial score (nSPS) is 19.3. The average Bonchev–Trinajstić information content (AvgIpc) is 2.80. The summed E-state index contributed by atoms with van der Waals surface area (Å²) in [5, 5.41) is 0. The minimum atomic E-state index is -0.149. The molecule has 5 heteroatoms. The fourth-order valence-electron chi connectivity index (χ4n) is 3.75. The van der Waals surface area contributed by atoms with Crippen LogP contribution in [0.1, 0.15) is 30.5 Å². The van der Waals surface area contributed by atoms with Gasteiger partial charge in [-0.1, -0.05) is 37.6 Å². The van der Waals surface area contributed by atoms with Crippen LogP contribution in [-0.4, -0.2) is 66.3 Å². The highest BCUT2D eigenvalue weighted by Crippen LogP contribution is 2.34. The molecule has 0 saturated carbocycles. The van der Waals surface area contributed by atoms with E-state index in [0.717, 1.165) is 42.9 Å². The van der Waals surface area contributed by atoms with Crippen LogP contribution in [0.4, 0.5) is 0 Å². The molecule has 2 aliphatic rings. The average molecular weight is 355 g/mol. The molecule has 0 N–H and O–H groups in total. The van der Waals surface area contributed by atoms with Crippen LogP contribution in [-0.2, 0) is 9.59 Å². The van der Waals surface area contributed by atoms with E-state index < -0.39 is 0 Å². The molecule has 0 spiro atoms. The highest BCUT2D eigenvalue weighted by atomic mass is 16.2. The molecule has 0 unspecified atom stereocenters. The van der Waals surface area contributed by atoms with Crippen molar-refractivity contribution in [2.24, 2.45) is 5.92 Å². The van der Waals surface area contributed by atoms with Crippen LogP contribution in [0.5, 0.6) is 0 Å². The summed E-state index contributed by atoms with van der Waals surface area (Å²) >= 11 is 0. The molecule has 0 radical (unpaired) electrons. The molecular weight excluding hydrogens is 326 g/mol. The smallest absolute Gasteiger partial charge is 0.277 e. The number of piperazine rings is 1. The molecule has 3 rings (SSSR count). The Bertz CT molecular complexity index is 759. The molecular formula is C21H29N3O2. The maximum atomic E-state index is 13.2. The van der Waals surface area contributed by atoms with Crippen molar-refractivity contribution >= 4 is 17.4 Å². The molecule has 0 aliphatic carbocycles. The van der Waals surface area contributed by atoms with E-state index in [9.17, 15) is 9.59 Å². The Morgan fingerprint density at radius 3 is 2.23 bits per heavy atom. The van der Waals surface area contributed by atoms with Crippen LogP contribution < -0.4 is 0 Å². The fourth-order valence-corrected chi connectivity index (χ4v) is 3.75. The van der Waals surface area contributed by atoms with Gasteiger partial charge >= 0.3 is 0 Å². The Balaban J connectivity index is 2.08. The van der Waals surface area contributed by atoms with Crippen molar-refractivity contribution in [1.82, 2.24) is 14.7 Å². The monoisotopic (exact) mass is 355 g/mol. The Kier molecular flexibility index (Phi) is 5.19. The van der Waals surface area contributed by atoms with E-state index in [0.29, 0.717) is 17.8 Å². The number of carbonyl (C=O) groups excluding carboxylic acids is 2. The number of rotatable bonds is 4. The van der Waals surface area contributed by atoms with Crippen LogP contribution in [0.15, 0.2) is 23.9 Å². The van der Waals surface area contributed by atoms with Gasteiger partial charge in [0.1, 0.15) is 5.70 Å². The van der Waals surface area contributed by atoms with Crippen molar-refractivity contribution in [1.29, 1.82) is 0 Å². The van der Waals surface area contributed by atoms with Crippen molar-refractivity contribution in [2.45, 2.75) is 27.7 Å². The lowest BCUT2D eigenvalue weighted by Gasteiger charge is -2.34. The van der Waals surface area contributed by atoms with E-state index in [1.165, 1.54) is 4.90 Å². The minimum absolute atomic E-state index is 0.136. The zero-order valence-electron chi connectivity index (χ0n) is 16.5. The van der Waals surface area contributed by atoms with Gasteiger partial charge in [0.25, 0.3) is 11.8 Å². The molecule has 1 fully saturated rings. The van der Waals surface area contributed by atoms with E-state index in [-0.39, 0.29) is 17.7 Å². The van der Waals surface area contributed by atoms with Crippen LogP contribution in [0, 0.1) is 19.8 Å². The summed E-state index contributed by atoms with van der Waals surface area (Å²) in [4.78, 5) is 32.2. The largest absolute Gasteiger partial charge is 0.364 e. The number of hydrogen-bond acceptors (Lipinski definition) is 4. The number of imide groups is 1. The number of benzene rings is 1. The van der Waals surface area contributed by atoms with Gasteiger partial charge in [0.15, 0.2) is 0 Å². The van der Waals surface area contributed by atoms with E-state index in [1.54, 1.807) is 0 Å². The lowest BCUT2D eigenvalue weighted by Crippen LogP contribution is -2.46. The number of aryl methyl sites for hydroxylation is 2. The lowest BCUT2D eigenvalue weighted by molar-refractivity contribution is -0.138.